The quantitative estimate of drug-likeness (QED) is 0.631. The predicted octanol–water partition coefficient (Wildman–Crippen LogP) is 3.02. The van der Waals surface area contributed by atoms with Crippen molar-refractivity contribution in [2.24, 2.45) is 0 Å². The highest BCUT2D eigenvalue weighted by atomic mass is 16.5. The number of pyridine rings is 1. The monoisotopic (exact) mass is 452 g/mol. The highest BCUT2D eigenvalue weighted by Crippen LogP contribution is 2.26. The minimum atomic E-state index is -0.340. The van der Waals surface area contributed by atoms with Crippen LogP contribution in [0, 0.1) is 0 Å². The van der Waals surface area contributed by atoms with Crippen molar-refractivity contribution in [3.63, 3.8) is 0 Å². The lowest BCUT2D eigenvalue weighted by atomic mass is 10.1. The number of aromatic nitrogens is 1. The zero-order valence-corrected chi connectivity index (χ0v) is 19.6. The Morgan fingerprint density at radius 1 is 1.21 bits per heavy atom. The first-order valence-corrected chi connectivity index (χ1v) is 12.2. The van der Waals surface area contributed by atoms with Crippen LogP contribution < -0.4 is 10.1 Å². The van der Waals surface area contributed by atoms with E-state index in [0.29, 0.717) is 19.8 Å². The number of carbonyl (C=O) groups excluding carboxylic acids is 1. The van der Waals surface area contributed by atoms with Gasteiger partial charge in [-0.2, -0.15) is 0 Å². The third-order valence-electron chi connectivity index (χ3n) is 6.39. The molecule has 0 radical (unpaired) electrons. The maximum Gasteiger partial charge on any atom is 0.242 e. The number of amides is 1. The van der Waals surface area contributed by atoms with Crippen LogP contribution in [0.15, 0.2) is 48.8 Å². The molecule has 4 rings (SSSR count). The zero-order valence-electron chi connectivity index (χ0n) is 19.6. The van der Waals surface area contributed by atoms with E-state index < -0.39 is 0 Å². The minimum Gasteiger partial charge on any atom is -0.489 e. The topological polar surface area (TPSA) is 66.9 Å². The molecule has 7 heteroatoms. The molecule has 1 aromatic carbocycles. The summed E-state index contributed by atoms with van der Waals surface area (Å²) in [6, 6.07) is 11.8. The number of nitrogens with one attached hydrogen (secondary N) is 1. The molecular formula is C26H36N4O3. The van der Waals surface area contributed by atoms with Crippen LogP contribution in [-0.4, -0.2) is 72.7 Å². The minimum absolute atomic E-state index is 0.0268. The lowest BCUT2D eigenvalue weighted by molar-refractivity contribution is -0.128. The number of carbonyl (C=O) groups is 1. The second-order valence-corrected chi connectivity index (χ2v) is 8.85. The largest absolute Gasteiger partial charge is 0.489 e. The van der Waals surface area contributed by atoms with E-state index in [2.05, 4.69) is 45.2 Å². The Labute approximate surface area is 197 Å². The summed E-state index contributed by atoms with van der Waals surface area (Å²) in [4.78, 5) is 22.1. The highest BCUT2D eigenvalue weighted by Gasteiger charge is 2.29. The molecule has 1 saturated heterocycles. The van der Waals surface area contributed by atoms with Gasteiger partial charge in [0.25, 0.3) is 0 Å². The molecule has 1 N–H and O–H groups in total. The molecule has 7 nitrogen and oxygen atoms in total. The van der Waals surface area contributed by atoms with Crippen molar-refractivity contribution in [1.29, 1.82) is 0 Å². The van der Waals surface area contributed by atoms with Gasteiger partial charge in [-0.15, -0.1) is 0 Å². The van der Waals surface area contributed by atoms with Gasteiger partial charge in [0.1, 0.15) is 17.9 Å². The number of ether oxygens (including phenoxy) is 2. The first-order chi connectivity index (χ1) is 16.2. The summed E-state index contributed by atoms with van der Waals surface area (Å²) < 4.78 is 11.8. The molecule has 33 heavy (non-hydrogen) atoms. The molecule has 2 atom stereocenters. The zero-order chi connectivity index (χ0) is 22.9. The van der Waals surface area contributed by atoms with E-state index >= 15 is 0 Å². The van der Waals surface area contributed by atoms with Crippen LogP contribution in [0.25, 0.3) is 0 Å². The van der Waals surface area contributed by atoms with Gasteiger partial charge in [-0.05, 0) is 30.5 Å². The lowest BCUT2D eigenvalue weighted by Gasteiger charge is -2.33. The molecule has 0 saturated carbocycles. The second kappa shape index (κ2) is 12.1. The van der Waals surface area contributed by atoms with E-state index in [4.69, 9.17) is 9.47 Å². The molecule has 3 heterocycles. The van der Waals surface area contributed by atoms with Gasteiger partial charge in [0.15, 0.2) is 0 Å². The molecule has 1 amide bonds. The van der Waals surface area contributed by atoms with Crippen molar-refractivity contribution < 1.29 is 14.3 Å². The normalized spacial score (nSPS) is 20.3. The van der Waals surface area contributed by atoms with Gasteiger partial charge in [-0.3, -0.25) is 19.6 Å². The molecule has 2 aliphatic rings. The Kier molecular flexibility index (Phi) is 8.69. The van der Waals surface area contributed by atoms with Gasteiger partial charge < -0.3 is 14.8 Å². The molecule has 2 aromatic rings. The lowest BCUT2D eigenvalue weighted by Crippen LogP contribution is -2.47. The van der Waals surface area contributed by atoms with E-state index in [9.17, 15) is 4.79 Å². The molecule has 1 fully saturated rings. The van der Waals surface area contributed by atoms with Gasteiger partial charge in [0, 0.05) is 57.2 Å². The molecule has 0 unspecified atom stereocenters. The average Bonchev–Trinajstić information content (AvgIpc) is 3.03. The summed E-state index contributed by atoms with van der Waals surface area (Å²) >= 11 is 0. The van der Waals surface area contributed by atoms with Crippen LogP contribution in [0.2, 0.25) is 0 Å². The number of para-hydroxylation sites is 1. The fourth-order valence-electron chi connectivity index (χ4n) is 4.65. The Hall–Kier alpha value is -2.48. The summed E-state index contributed by atoms with van der Waals surface area (Å²) in [6.07, 6.45) is 7.08. The van der Waals surface area contributed by atoms with Crippen molar-refractivity contribution in [3.8, 4) is 5.75 Å². The molecule has 1 aromatic heterocycles. The van der Waals surface area contributed by atoms with Crippen molar-refractivity contribution in [2.45, 2.75) is 44.9 Å². The summed E-state index contributed by atoms with van der Waals surface area (Å²) in [5.41, 5.74) is 2.14. The van der Waals surface area contributed by atoms with Gasteiger partial charge in [0.05, 0.1) is 13.2 Å². The maximum absolute atomic E-state index is 13.3. The first kappa shape index (κ1) is 23.7. The van der Waals surface area contributed by atoms with E-state index in [-0.39, 0.29) is 18.1 Å². The van der Waals surface area contributed by atoms with Crippen molar-refractivity contribution >= 4 is 5.91 Å². The van der Waals surface area contributed by atoms with E-state index in [1.54, 1.807) is 12.4 Å². The molecule has 178 valence electrons. The Morgan fingerprint density at radius 3 is 2.85 bits per heavy atom. The fraction of sp³-hybridized carbons (Fsp3) is 0.538. The number of fused-ring (bicyclic) bond motifs is 1. The van der Waals surface area contributed by atoms with Crippen LogP contribution in [0.4, 0.5) is 0 Å². The van der Waals surface area contributed by atoms with Gasteiger partial charge in [-0.25, -0.2) is 0 Å². The Balaban J connectivity index is 1.38. The SMILES string of the molecule is CCCC[C@H]1CN(CCNC(=O)[C@H](c2cccnc2)N2CCOCC2)Cc2ccccc2O1. The molecule has 0 aliphatic carbocycles. The maximum atomic E-state index is 13.3. The van der Waals surface area contributed by atoms with Gasteiger partial charge in [0.2, 0.25) is 5.91 Å². The average molecular weight is 453 g/mol. The number of hydrogen-bond donors (Lipinski definition) is 1. The Bertz CT molecular complexity index is 873. The van der Waals surface area contributed by atoms with E-state index in [0.717, 1.165) is 63.3 Å². The second-order valence-electron chi connectivity index (χ2n) is 8.85. The Morgan fingerprint density at radius 2 is 2.06 bits per heavy atom. The smallest absolute Gasteiger partial charge is 0.242 e. The summed E-state index contributed by atoms with van der Waals surface area (Å²) in [6.45, 7) is 8.10. The van der Waals surface area contributed by atoms with Crippen molar-refractivity contribution in [2.75, 3.05) is 45.9 Å². The highest BCUT2D eigenvalue weighted by molar-refractivity contribution is 5.83. The number of unbranched alkanes of at least 4 members (excludes halogenated alkanes) is 1. The van der Waals surface area contributed by atoms with Gasteiger partial charge in [-0.1, -0.05) is 37.6 Å². The third kappa shape index (κ3) is 6.53. The number of benzene rings is 1. The standard InChI is InChI=1S/C26H36N4O3/c1-2-3-9-23-20-29(19-22-7-4-5-10-24(22)33-23)13-12-28-26(31)25(21-8-6-11-27-18-21)30-14-16-32-17-15-30/h4-8,10-11,18,23,25H,2-3,9,12-17,19-20H2,1H3,(H,28,31)/t23-,25-/m0/s1. The van der Waals surface area contributed by atoms with E-state index in [1.165, 1.54) is 5.56 Å². The predicted molar refractivity (Wildman–Crippen MR) is 128 cm³/mol. The van der Waals surface area contributed by atoms with Crippen molar-refractivity contribution in [1.82, 2.24) is 20.1 Å². The van der Waals surface area contributed by atoms with Crippen LogP contribution >= 0.6 is 0 Å². The van der Waals surface area contributed by atoms with Crippen LogP contribution in [0.5, 0.6) is 5.75 Å². The fourth-order valence-corrected chi connectivity index (χ4v) is 4.65. The van der Waals surface area contributed by atoms with Crippen molar-refractivity contribution in [3.05, 3.63) is 59.9 Å². The third-order valence-corrected chi connectivity index (χ3v) is 6.39. The summed E-state index contributed by atoms with van der Waals surface area (Å²) in [7, 11) is 0. The van der Waals surface area contributed by atoms with Crippen LogP contribution in [0.1, 0.15) is 43.4 Å². The van der Waals surface area contributed by atoms with Crippen LogP contribution in [0.3, 0.4) is 0 Å². The molecule has 0 bridgehead atoms. The summed E-state index contributed by atoms with van der Waals surface area (Å²) in [5.74, 6) is 1.02. The molecular weight excluding hydrogens is 416 g/mol. The molecule has 0 spiro atoms. The van der Waals surface area contributed by atoms with E-state index in [1.807, 2.05) is 18.2 Å². The number of morpholine rings is 1. The number of hydrogen-bond acceptors (Lipinski definition) is 6. The van der Waals surface area contributed by atoms with Crippen LogP contribution in [-0.2, 0) is 16.1 Å². The summed E-state index contributed by atoms with van der Waals surface area (Å²) in [5, 5.41) is 3.20. The first-order valence-electron chi connectivity index (χ1n) is 12.2. The number of nitrogens with zero attached hydrogens (tertiary/aromatic N) is 3. The van der Waals surface area contributed by atoms with Gasteiger partial charge >= 0.3 is 0 Å². The molecule has 2 aliphatic heterocycles. The number of rotatable bonds is 9.